The molecule has 0 fully saturated rings. The predicted molar refractivity (Wildman–Crippen MR) is 40.3 cm³/mol. The number of hydrogen-bond acceptors (Lipinski definition) is 6. The van der Waals surface area contributed by atoms with E-state index in [4.69, 9.17) is 9.47 Å². The van der Waals surface area contributed by atoms with Gasteiger partial charge in [-0.15, -0.1) is 0 Å². The summed E-state index contributed by atoms with van der Waals surface area (Å²) in [6.45, 7) is 4.83. The van der Waals surface area contributed by atoms with E-state index in [0.717, 1.165) is 0 Å². The summed E-state index contributed by atoms with van der Waals surface area (Å²) in [7, 11) is -5.10. The normalized spacial score (nSPS) is 11.5. The average molecular weight is 258 g/mol. The zero-order chi connectivity index (χ0) is 10.5. The molecule has 0 bridgehead atoms. The van der Waals surface area contributed by atoms with Crippen molar-refractivity contribution in [1.82, 2.24) is 0 Å². The minimum atomic E-state index is -5.10. The summed E-state index contributed by atoms with van der Waals surface area (Å²) in [4.78, 5) is 20.6. The first-order valence-corrected chi connectivity index (χ1v) is 5.29. The molecule has 0 heterocycles. The fourth-order valence-electron chi connectivity index (χ4n) is 0.822. The summed E-state index contributed by atoms with van der Waals surface area (Å²) in [6.07, 6.45) is 0. The number of rotatable bonds is 6. The smallest absolute Gasteiger partial charge is 0.790 e. The predicted octanol–water partition coefficient (Wildman–Crippen LogP) is -6.41. The van der Waals surface area contributed by atoms with E-state index in [1.54, 1.807) is 13.8 Å². The fraction of sp³-hybridized carbons (Fsp3) is 1.00. The van der Waals surface area contributed by atoms with E-state index in [9.17, 15) is 14.4 Å². The van der Waals surface area contributed by atoms with Crippen LogP contribution in [0.2, 0.25) is 0 Å². The Morgan fingerprint density at radius 3 is 1.67 bits per heavy atom. The molecule has 0 saturated heterocycles. The minimum Gasteiger partial charge on any atom is -0.790 e. The Hall–Kier alpha value is 2.03. The van der Waals surface area contributed by atoms with E-state index in [2.05, 4.69) is 4.52 Å². The molecule has 9 heteroatoms. The third kappa shape index (κ3) is 12.3. The van der Waals surface area contributed by atoms with Gasteiger partial charge in [0, 0.05) is 20.1 Å². The Bertz CT molecular complexity index is 190. The van der Waals surface area contributed by atoms with Crippen LogP contribution < -0.4 is 68.9 Å². The van der Waals surface area contributed by atoms with Crippen LogP contribution in [0, 0.1) is 0 Å². The topological polar surface area (TPSA) is 90.9 Å². The van der Waals surface area contributed by atoms with Crippen molar-refractivity contribution in [3.63, 3.8) is 0 Å². The second-order valence-electron chi connectivity index (χ2n) is 2.27. The molecule has 15 heavy (non-hydrogen) atoms. The Morgan fingerprint density at radius 2 is 1.47 bits per heavy atom. The van der Waals surface area contributed by atoms with E-state index in [1.807, 2.05) is 0 Å². The van der Waals surface area contributed by atoms with Gasteiger partial charge < -0.3 is 23.8 Å². The quantitative estimate of drug-likeness (QED) is 0.267. The van der Waals surface area contributed by atoms with Gasteiger partial charge in [-0.1, -0.05) is 0 Å². The second-order valence-corrected chi connectivity index (χ2v) is 3.34. The van der Waals surface area contributed by atoms with Gasteiger partial charge in [-0.2, -0.15) is 0 Å². The maximum Gasteiger partial charge on any atom is 1.00 e. The number of phosphoric acid groups is 1. The second kappa shape index (κ2) is 10.00. The molecular formula is C6H13Na2O6P. The van der Waals surface area contributed by atoms with E-state index >= 15 is 0 Å². The van der Waals surface area contributed by atoms with Crippen LogP contribution in [0.25, 0.3) is 0 Å². The van der Waals surface area contributed by atoms with Crippen molar-refractivity contribution in [3.8, 4) is 0 Å². The maximum atomic E-state index is 10.3. The summed E-state index contributed by atoms with van der Waals surface area (Å²) < 4.78 is 24.1. The molecule has 0 rings (SSSR count). The molecule has 0 aromatic heterocycles. The van der Waals surface area contributed by atoms with Crippen molar-refractivity contribution in [2.45, 2.75) is 26.7 Å². The van der Waals surface area contributed by atoms with Crippen molar-refractivity contribution in [2.75, 3.05) is 13.2 Å². The van der Waals surface area contributed by atoms with E-state index in [0.29, 0.717) is 0 Å². The molecule has 0 aliphatic rings. The molecule has 6 nitrogen and oxygen atoms in total. The maximum absolute atomic E-state index is 10.3. The first-order valence-electron chi connectivity index (χ1n) is 3.83. The number of ether oxygens (including phenoxy) is 2. The van der Waals surface area contributed by atoms with E-state index < -0.39 is 13.8 Å². The van der Waals surface area contributed by atoms with Crippen molar-refractivity contribution in [2.24, 2.45) is 0 Å². The molecule has 0 aromatic carbocycles. The Labute approximate surface area is 134 Å². The third-order valence-electron chi connectivity index (χ3n) is 1.09. The van der Waals surface area contributed by atoms with Gasteiger partial charge in [0.05, 0.1) is 7.82 Å². The van der Waals surface area contributed by atoms with Crippen molar-refractivity contribution in [3.05, 3.63) is 0 Å². The first kappa shape index (κ1) is 22.2. The molecule has 0 aromatic rings. The zero-order valence-electron chi connectivity index (χ0n) is 9.81. The van der Waals surface area contributed by atoms with Crippen LogP contribution >= 0.6 is 7.82 Å². The van der Waals surface area contributed by atoms with Crippen LogP contribution in [0.3, 0.4) is 0 Å². The number of hydrogen-bond donors (Lipinski definition) is 0. The van der Waals surface area contributed by atoms with E-state index in [-0.39, 0.29) is 72.3 Å². The van der Waals surface area contributed by atoms with Gasteiger partial charge in [0.2, 0.25) is 0 Å². The SMILES string of the molecule is CCOC(C)(OCC)OP(=O)([O-])[O-].[Na+].[Na+]. The molecule has 0 aliphatic carbocycles. The van der Waals surface area contributed by atoms with Gasteiger partial charge in [0.15, 0.2) is 0 Å². The van der Waals surface area contributed by atoms with Gasteiger partial charge in [-0.3, -0.25) is 4.52 Å². The molecule has 0 N–H and O–H groups in total. The van der Waals surface area contributed by atoms with Crippen LogP contribution in [-0.2, 0) is 18.6 Å². The van der Waals surface area contributed by atoms with Gasteiger partial charge in [-0.05, 0) is 13.8 Å². The standard InChI is InChI=1S/C6H15O6P.2Na/c1-4-10-6(3,11-5-2)12-13(7,8)9;;/h4-5H2,1-3H3,(H2,7,8,9);;/q;2*+1/p-2. The summed E-state index contributed by atoms with van der Waals surface area (Å²) >= 11 is 0. The molecule has 80 valence electrons. The summed E-state index contributed by atoms with van der Waals surface area (Å²) in [6, 6.07) is 0. The van der Waals surface area contributed by atoms with Gasteiger partial charge in [0.1, 0.15) is 0 Å². The molecule has 0 radical (unpaired) electrons. The Morgan fingerprint density at radius 1 is 1.13 bits per heavy atom. The number of phosphoric ester groups is 1. The fourth-order valence-corrected chi connectivity index (χ4v) is 1.33. The van der Waals surface area contributed by atoms with Crippen molar-refractivity contribution >= 4 is 7.82 Å². The Balaban J connectivity index is -0.000000720. The van der Waals surface area contributed by atoms with Crippen molar-refractivity contribution < 1.29 is 87.5 Å². The van der Waals surface area contributed by atoms with Gasteiger partial charge in [-0.25, -0.2) is 0 Å². The monoisotopic (exact) mass is 258 g/mol. The molecule has 0 unspecified atom stereocenters. The van der Waals surface area contributed by atoms with Crippen molar-refractivity contribution in [1.29, 1.82) is 0 Å². The molecular weight excluding hydrogens is 245 g/mol. The summed E-state index contributed by atoms with van der Waals surface area (Å²) in [5.41, 5.74) is 0. The zero-order valence-corrected chi connectivity index (χ0v) is 14.7. The molecule has 0 atom stereocenters. The third-order valence-corrected chi connectivity index (χ3v) is 1.65. The minimum absolute atomic E-state index is 0. The average Bonchev–Trinajstić information content (AvgIpc) is 1.82. The first-order chi connectivity index (χ1) is 5.83. The molecule has 0 saturated carbocycles. The van der Waals surface area contributed by atoms with E-state index in [1.165, 1.54) is 6.92 Å². The van der Waals surface area contributed by atoms with Crippen LogP contribution in [0.1, 0.15) is 20.8 Å². The van der Waals surface area contributed by atoms with Crippen LogP contribution in [0.15, 0.2) is 0 Å². The van der Waals surface area contributed by atoms with Crippen LogP contribution in [0.4, 0.5) is 0 Å². The van der Waals surface area contributed by atoms with Crippen LogP contribution in [-0.4, -0.2) is 19.2 Å². The Kier molecular flexibility index (Phi) is 14.8. The van der Waals surface area contributed by atoms with Crippen LogP contribution in [0.5, 0.6) is 0 Å². The molecule has 0 spiro atoms. The summed E-state index contributed by atoms with van der Waals surface area (Å²) in [5, 5.41) is 0. The molecule has 0 aliphatic heterocycles. The molecule has 0 amide bonds. The van der Waals surface area contributed by atoms with Gasteiger partial charge >= 0.3 is 59.1 Å². The summed E-state index contributed by atoms with van der Waals surface area (Å²) in [5.74, 6) is -1.80. The van der Waals surface area contributed by atoms with Gasteiger partial charge in [0.25, 0.3) is 5.97 Å². The largest absolute Gasteiger partial charge is 1.00 e.